The Kier molecular flexibility index (Phi) is 4.54. The van der Waals surface area contributed by atoms with Gasteiger partial charge < -0.3 is 0 Å². The van der Waals surface area contributed by atoms with E-state index < -0.39 is 0 Å². The first-order valence-corrected chi connectivity index (χ1v) is 7.58. The molecule has 1 aliphatic rings. The number of hydrogen-bond acceptors (Lipinski definition) is 5. The summed E-state index contributed by atoms with van der Waals surface area (Å²) in [6.45, 7) is 8.79. The van der Waals surface area contributed by atoms with Crippen LogP contribution in [-0.4, -0.2) is 28.4 Å². The van der Waals surface area contributed by atoms with E-state index in [-0.39, 0.29) is 5.91 Å². The number of piperidine rings is 1. The van der Waals surface area contributed by atoms with E-state index in [0.717, 1.165) is 24.7 Å². The zero-order chi connectivity index (χ0) is 14.0. The van der Waals surface area contributed by atoms with Crippen LogP contribution in [0.5, 0.6) is 0 Å². The molecule has 1 aromatic heterocycles. The summed E-state index contributed by atoms with van der Waals surface area (Å²) in [5, 5.41) is 2.38. The van der Waals surface area contributed by atoms with Gasteiger partial charge in [-0.3, -0.25) is 15.1 Å². The molecule has 0 bridgehead atoms. The van der Waals surface area contributed by atoms with Crippen molar-refractivity contribution in [3.05, 3.63) is 16.1 Å². The lowest BCUT2D eigenvalue weighted by molar-refractivity contribution is 0.0719. The first kappa shape index (κ1) is 14.4. The van der Waals surface area contributed by atoms with Crippen molar-refractivity contribution in [1.82, 2.24) is 15.3 Å². The number of carbonyl (C=O) groups excluding carboxylic acids is 1. The molecular weight excluding hydrogens is 260 g/mol. The summed E-state index contributed by atoms with van der Waals surface area (Å²) < 4.78 is 0. The minimum absolute atomic E-state index is 0.315. The average molecular weight is 282 g/mol. The largest absolute Gasteiger partial charge is 0.294 e. The summed E-state index contributed by atoms with van der Waals surface area (Å²) in [5.41, 5.74) is 3.07. The van der Waals surface area contributed by atoms with Gasteiger partial charge in [-0.25, -0.2) is 10.8 Å². The summed E-state index contributed by atoms with van der Waals surface area (Å²) in [5.74, 6) is 6.22. The van der Waals surface area contributed by atoms with Gasteiger partial charge in [0.25, 0.3) is 5.91 Å². The second-order valence-electron chi connectivity index (χ2n) is 5.61. The monoisotopic (exact) mass is 282 g/mol. The Morgan fingerprint density at radius 1 is 1.58 bits per heavy atom. The highest BCUT2D eigenvalue weighted by Gasteiger charge is 2.29. The normalized spacial score (nSPS) is 28.3. The van der Waals surface area contributed by atoms with E-state index in [0.29, 0.717) is 17.0 Å². The van der Waals surface area contributed by atoms with Crippen LogP contribution in [0.2, 0.25) is 0 Å². The third-order valence-corrected chi connectivity index (χ3v) is 4.85. The number of amides is 1. The smallest absolute Gasteiger partial charge is 0.294 e. The third kappa shape index (κ3) is 3.32. The molecule has 1 aliphatic heterocycles. The lowest BCUT2D eigenvalue weighted by atomic mass is 9.86. The average Bonchev–Trinajstić information content (AvgIpc) is 2.83. The second kappa shape index (κ2) is 5.98. The number of hydrogen-bond donors (Lipinski definition) is 2. The highest BCUT2D eigenvalue weighted by Crippen LogP contribution is 2.28. The van der Waals surface area contributed by atoms with Crippen molar-refractivity contribution in [3.8, 4) is 0 Å². The summed E-state index contributed by atoms with van der Waals surface area (Å²) in [6, 6.07) is 0.560. The van der Waals surface area contributed by atoms with Gasteiger partial charge in [-0.15, -0.1) is 11.3 Å². The molecule has 1 amide bonds. The molecule has 5 nitrogen and oxygen atoms in total. The van der Waals surface area contributed by atoms with Crippen LogP contribution in [0.3, 0.4) is 0 Å². The molecule has 3 atom stereocenters. The Morgan fingerprint density at radius 2 is 2.32 bits per heavy atom. The number of carbonyl (C=O) groups is 1. The second-order valence-corrected chi connectivity index (χ2v) is 6.46. The van der Waals surface area contributed by atoms with E-state index in [1.807, 2.05) is 5.38 Å². The van der Waals surface area contributed by atoms with Crippen LogP contribution in [0.25, 0.3) is 0 Å². The number of thiazole rings is 1. The minimum atomic E-state index is -0.315. The molecule has 1 saturated heterocycles. The Labute approximate surface area is 118 Å². The number of nitrogens with zero attached hydrogens (tertiary/aromatic N) is 2. The molecule has 0 saturated carbocycles. The van der Waals surface area contributed by atoms with Crippen molar-refractivity contribution in [1.29, 1.82) is 0 Å². The molecule has 19 heavy (non-hydrogen) atoms. The van der Waals surface area contributed by atoms with E-state index in [2.05, 4.69) is 36.1 Å². The zero-order valence-corrected chi connectivity index (χ0v) is 12.5. The van der Waals surface area contributed by atoms with Crippen LogP contribution in [-0.2, 0) is 6.54 Å². The Bertz CT molecular complexity index is 448. The lowest BCUT2D eigenvalue weighted by Crippen LogP contribution is -2.45. The van der Waals surface area contributed by atoms with Gasteiger partial charge in [0.2, 0.25) is 0 Å². The van der Waals surface area contributed by atoms with Crippen molar-refractivity contribution in [2.45, 2.75) is 39.8 Å². The number of likely N-dealkylation sites (tertiary alicyclic amines) is 1. The van der Waals surface area contributed by atoms with Crippen LogP contribution in [0.4, 0.5) is 0 Å². The van der Waals surface area contributed by atoms with Gasteiger partial charge in [0.05, 0.1) is 5.69 Å². The summed E-state index contributed by atoms with van der Waals surface area (Å²) in [7, 11) is 0. The van der Waals surface area contributed by atoms with Gasteiger partial charge in [-0.1, -0.05) is 13.8 Å². The van der Waals surface area contributed by atoms with Crippen molar-refractivity contribution in [2.24, 2.45) is 17.7 Å². The molecule has 3 N–H and O–H groups in total. The van der Waals surface area contributed by atoms with Gasteiger partial charge >= 0.3 is 0 Å². The first-order valence-electron chi connectivity index (χ1n) is 6.70. The number of hydrazine groups is 1. The Hall–Kier alpha value is -0.980. The predicted molar refractivity (Wildman–Crippen MR) is 76.6 cm³/mol. The fourth-order valence-corrected chi connectivity index (χ4v) is 3.51. The highest BCUT2D eigenvalue weighted by atomic mass is 32.1. The summed E-state index contributed by atoms with van der Waals surface area (Å²) in [6.07, 6.45) is 1.29. The molecule has 0 aromatic carbocycles. The van der Waals surface area contributed by atoms with Crippen LogP contribution in [0.15, 0.2) is 5.38 Å². The molecule has 1 fully saturated rings. The number of nitrogens with two attached hydrogens (primary N) is 1. The number of nitrogen functional groups attached to an aromatic ring is 1. The molecule has 2 heterocycles. The zero-order valence-electron chi connectivity index (χ0n) is 11.7. The maximum Gasteiger partial charge on any atom is 0.294 e. The number of nitrogens with one attached hydrogen (secondary N) is 1. The fraction of sp³-hybridized carbons (Fsp3) is 0.692. The fourth-order valence-electron chi connectivity index (χ4n) is 2.79. The molecule has 106 valence electrons. The van der Waals surface area contributed by atoms with Gasteiger partial charge in [-0.05, 0) is 25.2 Å². The molecule has 0 spiro atoms. The van der Waals surface area contributed by atoms with E-state index >= 15 is 0 Å². The first-order chi connectivity index (χ1) is 9.01. The van der Waals surface area contributed by atoms with Crippen LogP contribution in [0, 0.1) is 11.8 Å². The van der Waals surface area contributed by atoms with E-state index in [1.165, 1.54) is 17.8 Å². The van der Waals surface area contributed by atoms with Gasteiger partial charge in [-0.2, -0.15) is 0 Å². The van der Waals surface area contributed by atoms with E-state index in [9.17, 15) is 4.79 Å². The maximum atomic E-state index is 11.4. The molecule has 1 aromatic rings. The van der Waals surface area contributed by atoms with Gasteiger partial charge in [0.1, 0.15) is 0 Å². The van der Waals surface area contributed by atoms with Crippen molar-refractivity contribution >= 4 is 17.2 Å². The standard InChI is InChI=1S/C13H22N4OS/c1-8-4-9(2)10(3)17(5-8)6-11-7-19-13(15-11)12(18)16-14/h7-10H,4-6,14H2,1-3H3,(H,16,18). The quantitative estimate of drug-likeness (QED) is 0.502. The Morgan fingerprint density at radius 3 is 3.00 bits per heavy atom. The van der Waals surface area contributed by atoms with Crippen LogP contribution < -0.4 is 11.3 Å². The van der Waals surface area contributed by atoms with Crippen LogP contribution >= 0.6 is 11.3 Å². The molecule has 2 rings (SSSR count). The maximum absolute atomic E-state index is 11.4. The molecule has 0 radical (unpaired) electrons. The van der Waals surface area contributed by atoms with Gasteiger partial charge in [0, 0.05) is 24.5 Å². The topological polar surface area (TPSA) is 71.2 Å². The van der Waals surface area contributed by atoms with Gasteiger partial charge in [0.15, 0.2) is 5.01 Å². The van der Waals surface area contributed by atoms with Crippen molar-refractivity contribution in [3.63, 3.8) is 0 Å². The highest BCUT2D eigenvalue weighted by molar-refractivity contribution is 7.11. The summed E-state index contributed by atoms with van der Waals surface area (Å²) in [4.78, 5) is 18.2. The number of rotatable bonds is 3. The number of aromatic nitrogens is 1. The van der Waals surface area contributed by atoms with Crippen molar-refractivity contribution in [2.75, 3.05) is 6.54 Å². The summed E-state index contributed by atoms with van der Waals surface area (Å²) >= 11 is 1.34. The molecular formula is C13H22N4OS. The molecule has 0 aliphatic carbocycles. The molecule has 6 heteroatoms. The van der Waals surface area contributed by atoms with Crippen LogP contribution in [0.1, 0.15) is 42.7 Å². The van der Waals surface area contributed by atoms with Crippen molar-refractivity contribution < 1.29 is 4.79 Å². The predicted octanol–water partition coefficient (Wildman–Crippen LogP) is 1.61. The Balaban J connectivity index is 2.03. The van der Waals surface area contributed by atoms with E-state index in [1.54, 1.807) is 0 Å². The molecule has 3 unspecified atom stereocenters. The SMILES string of the molecule is CC1CC(C)C(C)N(Cc2csc(C(=O)NN)n2)C1. The van der Waals surface area contributed by atoms with E-state index in [4.69, 9.17) is 5.84 Å². The minimum Gasteiger partial charge on any atom is -0.294 e. The third-order valence-electron chi connectivity index (χ3n) is 3.96. The lowest BCUT2D eigenvalue weighted by Gasteiger charge is -2.40.